The first-order chi connectivity index (χ1) is 7.60. The Bertz CT molecular complexity index is 419. The number of nitrogens with one attached hydrogen (secondary N) is 1. The van der Waals surface area contributed by atoms with Gasteiger partial charge in [-0.2, -0.15) is 5.26 Å². The van der Waals surface area contributed by atoms with E-state index in [1.54, 1.807) is 13.0 Å². The number of hydrogen-bond acceptors (Lipinski definition) is 3. The van der Waals surface area contributed by atoms with Gasteiger partial charge in [0.15, 0.2) is 0 Å². The van der Waals surface area contributed by atoms with Crippen molar-refractivity contribution in [1.29, 1.82) is 5.26 Å². The Kier molecular flexibility index (Phi) is 5.65. The van der Waals surface area contributed by atoms with Gasteiger partial charge in [-0.25, -0.2) is 0 Å². The number of benzene rings is 1. The molecule has 4 nitrogen and oxygen atoms in total. The van der Waals surface area contributed by atoms with Crippen molar-refractivity contribution in [3.63, 3.8) is 0 Å². The van der Waals surface area contributed by atoms with Crippen LogP contribution in [0.2, 0.25) is 0 Å². The molecule has 0 fully saturated rings. The third-order valence-corrected chi connectivity index (χ3v) is 1.99. The molecule has 1 aromatic rings. The van der Waals surface area contributed by atoms with Gasteiger partial charge in [0.05, 0.1) is 17.2 Å². The zero-order chi connectivity index (χ0) is 12.7. The molecule has 0 saturated heterocycles. The molecule has 0 aliphatic rings. The number of nitrogens with zero attached hydrogens (tertiary/aromatic N) is 1. The molecule has 0 aromatic heterocycles. The van der Waals surface area contributed by atoms with Crippen LogP contribution in [0.15, 0.2) is 12.1 Å². The summed E-state index contributed by atoms with van der Waals surface area (Å²) in [6, 6.07) is 5.12. The number of amides is 1. The molecule has 0 saturated carbocycles. The van der Waals surface area contributed by atoms with Crippen molar-refractivity contribution in [3.05, 3.63) is 28.8 Å². The monoisotopic (exact) mass is 219 g/mol. The molecule has 0 bridgehead atoms. The maximum atomic E-state index is 11.4. The Morgan fingerprint density at radius 1 is 1.44 bits per heavy atom. The molecule has 1 rings (SSSR count). The first-order valence-electron chi connectivity index (χ1n) is 5.12. The summed E-state index contributed by atoms with van der Waals surface area (Å²) in [6.07, 6.45) is 0. The minimum Gasteiger partial charge on any atom is -0.398 e. The molecule has 0 radical (unpaired) electrons. The van der Waals surface area contributed by atoms with Gasteiger partial charge in [-0.1, -0.05) is 13.8 Å². The van der Waals surface area contributed by atoms with Crippen molar-refractivity contribution in [2.24, 2.45) is 0 Å². The van der Waals surface area contributed by atoms with Crippen LogP contribution in [-0.4, -0.2) is 13.0 Å². The molecule has 1 amide bonds. The lowest BCUT2D eigenvalue weighted by Crippen LogP contribution is -2.20. The van der Waals surface area contributed by atoms with Crippen molar-refractivity contribution >= 4 is 11.6 Å². The Balaban J connectivity index is 0.00000106. The summed E-state index contributed by atoms with van der Waals surface area (Å²) in [5.41, 5.74) is 7.66. The smallest absolute Gasteiger partial charge is 0.253 e. The summed E-state index contributed by atoms with van der Waals surface area (Å²) >= 11 is 0. The van der Waals surface area contributed by atoms with Gasteiger partial charge in [0.2, 0.25) is 0 Å². The largest absolute Gasteiger partial charge is 0.398 e. The predicted molar refractivity (Wildman–Crippen MR) is 65.0 cm³/mol. The number of carbonyl (C=O) groups is 1. The van der Waals surface area contributed by atoms with Gasteiger partial charge in [-0.15, -0.1) is 0 Å². The number of rotatable bonds is 1. The lowest BCUT2D eigenvalue weighted by Gasteiger charge is -2.07. The van der Waals surface area contributed by atoms with Crippen LogP contribution in [0.25, 0.3) is 0 Å². The van der Waals surface area contributed by atoms with E-state index in [4.69, 9.17) is 11.0 Å². The van der Waals surface area contributed by atoms with Crippen LogP contribution in [0.1, 0.15) is 35.3 Å². The van der Waals surface area contributed by atoms with E-state index in [9.17, 15) is 4.79 Å². The number of hydrogen-bond donors (Lipinski definition) is 2. The average Bonchev–Trinajstić information content (AvgIpc) is 2.34. The van der Waals surface area contributed by atoms with E-state index in [1.165, 1.54) is 13.1 Å². The highest BCUT2D eigenvalue weighted by Gasteiger charge is 2.11. The Labute approximate surface area is 96.1 Å². The molecule has 0 unspecified atom stereocenters. The number of anilines is 1. The molecule has 3 N–H and O–H groups in total. The van der Waals surface area contributed by atoms with Gasteiger partial charge in [-0.05, 0) is 24.6 Å². The van der Waals surface area contributed by atoms with Crippen molar-refractivity contribution < 1.29 is 4.79 Å². The maximum absolute atomic E-state index is 11.4. The zero-order valence-electron chi connectivity index (χ0n) is 10.1. The summed E-state index contributed by atoms with van der Waals surface area (Å²) in [7, 11) is 1.52. The van der Waals surface area contributed by atoms with Crippen LogP contribution in [0, 0.1) is 18.3 Å². The van der Waals surface area contributed by atoms with E-state index in [1.807, 2.05) is 19.9 Å². The molecule has 4 heteroatoms. The van der Waals surface area contributed by atoms with Gasteiger partial charge in [0.25, 0.3) is 5.91 Å². The normalized spacial score (nSPS) is 8.44. The molecule has 16 heavy (non-hydrogen) atoms. The van der Waals surface area contributed by atoms with Crippen LogP contribution < -0.4 is 11.1 Å². The van der Waals surface area contributed by atoms with Crippen molar-refractivity contribution in [3.8, 4) is 6.07 Å². The number of carbonyl (C=O) groups excluding carboxylic acids is 1. The van der Waals surface area contributed by atoms with Crippen LogP contribution in [0.3, 0.4) is 0 Å². The van der Waals surface area contributed by atoms with Gasteiger partial charge < -0.3 is 11.1 Å². The summed E-state index contributed by atoms with van der Waals surface area (Å²) in [6.45, 7) is 5.77. The molecule has 0 heterocycles. The Morgan fingerprint density at radius 2 is 2.00 bits per heavy atom. The van der Waals surface area contributed by atoms with Crippen LogP contribution in [0.5, 0.6) is 0 Å². The topological polar surface area (TPSA) is 78.9 Å². The summed E-state index contributed by atoms with van der Waals surface area (Å²) in [5, 5.41) is 11.2. The van der Waals surface area contributed by atoms with Crippen molar-refractivity contribution in [2.75, 3.05) is 12.8 Å². The molecule has 0 aliphatic carbocycles. The van der Waals surface area contributed by atoms with Crippen LogP contribution in [-0.2, 0) is 0 Å². The predicted octanol–water partition coefficient (Wildman–Crippen LogP) is 1.83. The Hall–Kier alpha value is -2.02. The molecule has 0 aliphatic heterocycles. The van der Waals surface area contributed by atoms with Crippen molar-refractivity contribution in [1.82, 2.24) is 5.32 Å². The van der Waals surface area contributed by atoms with Crippen molar-refractivity contribution in [2.45, 2.75) is 20.8 Å². The van der Waals surface area contributed by atoms with E-state index in [2.05, 4.69) is 5.32 Å². The van der Waals surface area contributed by atoms with E-state index < -0.39 is 0 Å². The average molecular weight is 219 g/mol. The fraction of sp³-hybridized carbons (Fsp3) is 0.333. The fourth-order valence-corrected chi connectivity index (χ4v) is 1.19. The SMILES string of the molecule is CC.CNC(=O)c1cc(C#N)cc(C)c1N. The minimum absolute atomic E-state index is 0.275. The minimum atomic E-state index is -0.275. The summed E-state index contributed by atoms with van der Waals surface area (Å²) in [5.74, 6) is -0.275. The second kappa shape index (κ2) is 6.46. The number of aryl methyl sites for hydroxylation is 1. The lowest BCUT2D eigenvalue weighted by atomic mass is 10.0. The number of nitrogens with two attached hydrogens (primary N) is 1. The molecule has 1 aromatic carbocycles. The highest BCUT2D eigenvalue weighted by Crippen LogP contribution is 2.18. The second-order valence-corrected chi connectivity index (χ2v) is 2.95. The third kappa shape index (κ3) is 2.99. The van der Waals surface area contributed by atoms with Crippen LogP contribution in [0.4, 0.5) is 5.69 Å². The van der Waals surface area contributed by atoms with Crippen LogP contribution >= 0.6 is 0 Å². The van der Waals surface area contributed by atoms with Gasteiger partial charge in [0.1, 0.15) is 0 Å². The van der Waals surface area contributed by atoms with Gasteiger partial charge in [0, 0.05) is 12.7 Å². The van der Waals surface area contributed by atoms with E-state index in [-0.39, 0.29) is 5.91 Å². The molecule has 0 spiro atoms. The highest BCUT2D eigenvalue weighted by molar-refractivity contribution is 6.00. The van der Waals surface area contributed by atoms with E-state index in [0.717, 1.165) is 5.56 Å². The van der Waals surface area contributed by atoms with E-state index in [0.29, 0.717) is 16.8 Å². The fourth-order valence-electron chi connectivity index (χ4n) is 1.19. The summed E-state index contributed by atoms with van der Waals surface area (Å²) in [4.78, 5) is 11.4. The van der Waals surface area contributed by atoms with Gasteiger partial charge >= 0.3 is 0 Å². The van der Waals surface area contributed by atoms with E-state index >= 15 is 0 Å². The molecule has 86 valence electrons. The lowest BCUT2D eigenvalue weighted by molar-refractivity contribution is 0.0964. The maximum Gasteiger partial charge on any atom is 0.253 e. The second-order valence-electron chi connectivity index (χ2n) is 2.95. The zero-order valence-corrected chi connectivity index (χ0v) is 10.1. The number of nitriles is 1. The molecular formula is C12H17N3O. The molecular weight excluding hydrogens is 202 g/mol. The third-order valence-electron chi connectivity index (χ3n) is 1.99. The van der Waals surface area contributed by atoms with Gasteiger partial charge in [-0.3, -0.25) is 4.79 Å². The first-order valence-corrected chi connectivity index (χ1v) is 5.12. The summed E-state index contributed by atoms with van der Waals surface area (Å²) < 4.78 is 0. The molecule has 0 atom stereocenters. The highest BCUT2D eigenvalue weighted by atomic mass is 16.1. The number of nitrogen functional groups attached to an aromatic ring is 1. The Morgan fingerprint density at radius 3 is 2.44 bits per heavy atom. The first kappa shape index (κ1) is 14.0. The standard InChI is InChI=1S/C10H11N3O.C2H6/c1-6-3-7(5-11)4-8(9(6)12)10(14)13-2;1-2/h3-4H,12H2,1-2H3,(H,13,14);1-2H3. The quantitative estimate of drug-likeness (QED) is 0.707.